The van der Waals surface area contributed by atoms with Gasteiger partial charge in [-0.3, -0.25) is 0 Å². The molecule has 0 saturated heterocycles. The average Bonchev–Trinajstić information content (AvgIpc) is 2.66. The number of nitrogens with zero attached hydrogens (tertiary/aromatic N) is 2. The molecular formula is C21H24N4O. The van der Waals surface area contributed by atoms with Gasteiger partial charge in [-0.2, -0.15) is 4.98 Å². The molecule has 0 amide bonds. The molecular weight excluding hydrogens is 324 g/mol. The zero-order chi connectivity index (χ0) is 18.4. The fourth-order valence-corrected chi connectivity index (χ4v) is 2.77. The Hall–Kier alpha value is -3.08. The molecule has 0 saturated carbocycles. The fraction of sp³-hybridized carbons (Fsp3) is 0.238. The summed E-state index contributed by atoms with van der Waals surface area (Å²) in [5.41, 5.74) is 4.65. The van der Waals surface area contributed by atoms with E-state index < -0.39 is 0 Å². The lowest BCUT2D eigenvalue weighted by molar-refractivity contribution is 0.414. The van der Waals surface area contributed by atoms with Gasteiger partial charge in [0.1, 0.15) is 11.6 Å². The molecule has 0 unspecified atom stereocenters. The Labute approximate surface area is 154 Å². The number of hydrogen-bond donors (Lipinski definition) is 2. The number of methoxy groups -OCH3 is 1. The topological polar surface area (TPSA) is 59.1 Å². The molecule has 1 aromatic heterocycles. The van der Waals surface area contributed by atoms with E-state index in [9.17, 15) is 0 Å². The highest BCUT2D eigenvalue weighted by molar-refractivity contribution is 5.63. The minimum Gasteiger partial charge on any atom is -0.497 e. The number of aryl methyl sites for hydroxylation is 2. The van der Waals surface area contributed by atoms with Crippen molar-refractivity contribution in [1.82, 2.24) is 9.97 Å². The molecule has 0 aliphatic rings. The maximum absolute atomic E-state index is 5.18. The quantitative estimate of drug-likeness (QED) is 0.658. The molecule has 5 heteroatoms. The molecule has 3 rings (SSSR count). The second kappa shape index (κ2) is 8.34. The molecule has 2 N–H and O–H groups in total. The Bertz CT molecular complexity index is 842. The van der Waals surface area contributed by atoms with Crippen molar-refractivity contribution < 1.29 is 4.74 Å². The van der Waals surface area contributed by atoms with Crippen LogP contribution in [0.4, 0.5) is 17.5 Å². The molecule has 0 aliphatic carbocycles. The van der Waals surface area contributed by atoms with E-state index in [0.29, 0.717) is 5.95 Å². The highest BCUT2D eigenvalue weighted by atomic mass is 16.5. The highest BCUT2D eigenvalue weighted by Gasteiger charge is 2.05. The van der Waals surface area contributed by atoms with Crippen molar-refractivity contribution in [2.24, 2.45) is 0 Å². The van der Waals surface area contributed by atoms with E-state index in [4.69, 9.17) is 4.74 Å². The number of para-hydroxylation sites is 1. The summed E-state index contributed by atoms with van der Waals surface area (Å²) in [6.07, 6.45) is 2.67. The van der Waals surface area contributed by atoms with Crippen molar-refractivity contribution in [2.75, 3.05) is 24.3 Å². The van der Waals surface area contributed by atoms with Crippen LogP contribution in [0.1, 0.15) is 16.7 Å². The van der Waals surface area contributed by atoms with E-state index >= 15 is 0 Å². The van der Waals surface area contributed by atoms with Gasteiger partial charge in [0.25, 0.3) is 0 Å². The molecule has 1 heterocycles. The molecule has 26 heavy (non-hydrogen) atoms. The van der Waals surface area contributed by atoms with Crippen molar-refractivity contribution in [3.63, 3.8) is 0 Å². The second-order valence-electron chi connectivity index (χ2n) is 6.18. The Balaban J connectivity index is 1.60. The van der Waals surface area contributed by atoms with Gasteiger partial charge in [-0.05, 0) is 55.2 Å². The van der Waals surface area contributed by atoms with Crippen LogP contribution in [0, 0.1) is 13.8 Å². The van der Waals surface area contributed by atoms with Crippen LogP contribution in [0.3, 0.4) is 0 Å². The molecule has 5 nitrogen and oxygen atoms in total. The number of hydrogen-bond acceptors (Lipinski definition) is 5. The molecule has 0 radical (unpaired) electrons. The van der Waals surface area contributed by atoms with Crippen LogP contribution in [0.2, 0.25) is 0 Å². The average molecular weight is 348 g/mol. The molecule has 2 aromatic carbocycles. The number of benzene rings is 2. The standard InChI is InChI=1S/C21H24N4O/c1-15-5-4-6-16(2)20(15)25-21-23-14-12-19(24-21)22-13-11-17-7-9-18(26-3)10-8-17/h4-10,12,14H,11,13H2,1-3H3,(H2,22,23,24,25). The highest BCUT2D eigenvalue weighted by Crippen LogP contribution is 2.22. The first-order valence-corrected chi connectivity index (χ1v) is 8.69. The van der Waals surface area contributed by atoms with Crippen LogP contribution in [0.25, 0.3) is 0 Å². The Kier molecular flexibility index (Phi) is 5.69. The van der Waals surface area contributed by atoms with E-state index in [2.05, 4.69) is 58.7 Å². The van der Waals surface area contributed by atoms with Gasteiger partial charge < -0.3 is 15.4 Å². The first-order chi connectivity index (χ1) is 12.7. The SMILES string of the molecule is COc1ccc(CCNc2ccnc(Nc3c(C)cccc3C)n2)cc1. The lowest BCUT2D eigenvalue weighted by atomic mass is 10.1. The van der Waals surface area contributed by atoms with Crippen LogP contribution >= 0.6 is 0 Å². The number of nitrogens with one attached hydrogen (secondary N) is 2. The van der Waals surface area contributed by atoms with Crippen molar-refractivity contribution in [1.29, 1.82) is 0 Å². The maximum Gasteiger partial charge on any atom is 0.229 e. The van der Waals surface area contributed by atoms with Crippen LogP contribution in [0.15, 0.2) is 54.7 Å². The van der Waals surface area contributed by atoms with Gasteiger partial charge >= 0.3 is 0 Å². The second-order valence-corrected chi connectivity index (χ2v) is 6.18. The Morgan fingerprint density at radius 1 is 0.962 bits per heavy atom. The molecule has 3 aromatic rings. The van der Waals surface area contributed by atoms with Crippen LogP contribution < -0.4 is 15.4 Å². The van der Waals surface area contributed by atoms with Gasteiger partial charge in [0.15, 0.2) is 0 Å². The molecule has 0 bridgehead atoms. The summed E-state index contributed by atoms with van der Waals surface area (Å²) >= 11 is 0. The summed E-state index contributed by atoms with van der Waals surface area (Å²) < 4.78 is 5.18. The van der Waals surface area contributed by atoms with E-state index in [1.165, 1.54) is 16.7 Å². The van der Waals surface area contributed by atoms with E-state index in [-0.39, 0.29) is 0 Å². The Morgan fingerprint density at radius 2 is 1.69 bits per heavy atom. The largest absolute Gasteiger partial charge is 0.497 e. The summed E-state index contributed by atoms with van der Waals surface area (Å²) in [5.74, 6) is 2.28. The summed E-state index contributed by atoms with van der Waals surface area (Å²) in [6, 6.07) is 16.2. The summed E-state index contributed by atoms with van der Waals surface area (Å²) in [6.45, 7) is 4.95. The molecule has 0 aliphatic heterocycles. The number of aromatic nitrogens is 2. The van der Waals surface area contributed by atoms with E-state index in [1.807, 2.05) is 24.3 Å². The third kappa shape index (κ3) is 4.51. The smallest absolute Gasteiger partial charge is 0.229 e. The minimum atomic E-state index is 0.594. The van der Waals surface area contributed by atoms with Crippen molar-refractivity contribution in [2.45, 2.75) is 20.3 Å². The summed E-state index contributed by atoms with van der Waals surface area (Å²) in [4.78, 5) is 8.88. The lowest BCUT2D eigenvalue weighted by Crippen LogP contribution is -2.08. The fourth-order valence-electron chi connectivity index (χ4n) is 2.77. The first-order valence-electron chi connectivity index (χ1n) is 8.69. The third-order valence-corrected chi connectivity index (χ3v) is 4.25. The third-order valence-electron chi connectivity index (χ3n) is 4.25. The summed E-state index contributed by atoms with van der Waals surface area (Å²) in [7, 11) is 1.68. The van der Waals surface area contributed by atoms with E-state index in [0.717, 1.165) is 30.2 Å². The van der Waals surface area contributed by atoms with Gasteiger partial charge in [0.05, 0.1) is 7.11 Å². The number of ether oxygens (including phenoxy) is 1. The van der Waals surface area contributed by atoms with Crippen molar-refractivity contribution >= 4 is 17.5 Å². The van der Waals surface area contributed by atoms with Crippen LogP contribution in [0.5, 0.6) is 5.75 Å². The maximum atomic E-state index is 5.18. The van der Waals surface area contributed by atoms with Gasteiger partial charge in [-0.15, -0.1) is 0 Å². The molecule has 0 atom stereocenters. The zero-order valence-electron chi connectivity index (χ0n) is 15.4. The zero-order valence-corrected chi connectivity index (χ0v) is 15.4. The predicted molar refractivity (Wildman–Crippen MR) is 106 cm³/mol. The Morgan fingerprint density at radius 3 is 2.38 bits per heavy atom. The minimum absolute atomic E-state index is 0.594. The summed E-state index contributed by atoms with van der Waals surface area (Å²) in [5, 5.41) is 6.68. The lowest BCUT2D eigenvalue weighted by Gasteiger charge is -2.12. The predicted octanol–water partition coefficient (Wildman–Crippen LogP) is 4.50. The monoisotopic (exact) mass is 348 g/mol. The molecule has 0 fully saturated rings. The van der Waals surface area contributed by atoms with E-state index in [1.54, 1.807) is 13.3 Å². The van der Waals surface area contributed by atoms with Crippen LogP contribution in [-0.2, 0) is 6.42 Å². The number of rotatable bonds is 7. The van der Waals surface area contributed by atoms with Gasteiger partial charge in [0, 0.05) is 18.4 Å². The molecule has 0 spiro atoms. The van der Waals surface area contributed by atoms with Gasteiger partial charge in [-0.25, -0.2) is 4.98 Å². The first kappa shape index (κ1) is 17.7. The van der Waals surface area contributed by atoms with Crippen molar-refractivity contribution in [3.05, 3.63) is 71.4 Å². The number of anilines is 3. The van der Waals surface area contributed by atoms with Crippen LogP contribution in [-0.4, -0.2) is 23.6 Å². The molecule has 134 valence electrons. The van der Waals surface area contributed by atoms with Crippen molar-refractivity contribution in [3.8, 4) is 5.75 Å². The van der Waals surface area contributed by atoms with Gasteiger partial charge in [-0.1, -0.05) is 30.3 Å². The van der Waals surface area contributed by atoms with Gasteiger partial charge in [0.2, 0.25) is 5.95 Å². The normalized spacial score (nSPS) is 10.4.